The smallest absolute Gasteiger partial charge is 0.156 e. The van der Waals surface area contributed by atoms with Crippen molar-refractivity contribution in [3.8, 4) is 5.75 Å². The Kier molecular flexibility index (Phi) is 6.32. The Morgan fingerprint density at radius 1 is 1.18 bits per heavy atom. The van der Waals surface area contributed by atoms with E-state index in [-0.39, 0.29) is 0 Å². The van der Waals surface area contributed by atoms with Crippen LogP contribution in [0.1, 0.15) is 24.1 Å². The van der Waals surface area contributed by atoms with Gasteiger partial charge in [0.1, 0.15) is 19.2 Å². The maximum Gasteiger partial charge on any atom is 0.156 e. The number of rotatable bonds is 7. The Labute approximate surface area is 141 Å². The summed E-state index contributed by atoms with van der Waals surface area (Å²) in [6.45, 7) is 6.98. The van der Waals surface area contributed by atoms with E-state index >= 15 is 0 Å². The van der Waals surface area contributed by atoms with Gasteiger partial charge >= 0.3 is 0 Å². The lowest BCUT2D eigenvalue weighted by atomic mass is 10.1. The van der Waals surface area contributed by atoms with Crippen LogP contribution in [0.25, 0.3) is 0 Å². The molecule has 0 heterocycles. The third-order valence-electron chi connectivity index (χ3n) is 3.44. The van der Waals surface area contributed by atoms with Gasteiger partial charge in [0.05, 0.1) is 10.0 Å². The molecule has 0 bridgehead atoms. The molecule has 0 aromatic heterocycles. The summed E-state index contributed by atoms with van der Waals surface area (Å²) in [7, 11) is 0. The molecule has 2 aromatic carbocycles. The van der Waals surface area contributed by atoms with Gasteiger partial charge in [-0.05, 0) is 19.1 Å². The molecule has 0 saturated carbocycles. The van der Waals surface area contributed by atoms with Crippen molar-refractivity contribution in [2.75, 3.05) is 6.61 Å². The average molecular weight is 337 g/mol. The van der Waals surface area contributed by atoms with Crippen LogP contribution in [0.15, 0.2) is 55.1 Å². The highest BCUT2D eigenvalue weighted by atomic mass is 35.5. The first kappa shape index (κ1) is 16.9. The summed E-state index contributed by atoms with van der Waals surface area (Å²) in [5.41, 5.74) is 2.37. The van der Waals surface area contributed by atoms with E-state index in [0.29, 0.717) is 28.4 Å². The molecule has 0 aliphatic carbocycles. The molecule has 0 amide bonds. The van der Waals surface area contributed by atoms with Crippen molar-refractivity contribution in [1.82, 2.24) is 0 Å². The number of halogens is 2. The van der Waals surface area contributed by atoms with Crippen LogP contribution in [0.5, 0.6) is 5.75 Å². The normalized spacial score (nSPS) is 12.0. The zero-order valence-electron chi connectivity index (χ0n) is 12.6. The highest BCUT2D eigenvalue weighted by Gasteiger charge is 2.12. The molecule has 0 spiro atoms. The molecule has 0 radical (unpaired) electrons. The standard InChI is InChI=1S/C18H19Cl2NO/c1-3-9-22-18-16(19)10-14(11-17(18)20)12-21-13(2)15-7-5-4-6-8-15/h3-8,10-11,13,21H,1,9,12H2,2H3/p+1/t13-/m0/s1. The third kappa shape index (κ3) is 4.51. The fourth-order valence-corrected chi connectivity index (χ4v) is 2.86. The molecular formula is C18H20Cl2NO+. The summed E-state index contributed by atoms with van der Waals surface area (Å²) in [4.78, 5) is 0. The largest absolute Gasteiger partial charge is 0.486 e. The van der Waals surface area contributed by atoms with Crippen LogP contribution < -0.4 is 10.1 Å². The lowest BCUT2D eigenvalue weighted by Crippen LogP contribution is -2.83. The highest BCUT2D eigenvalue weighted by molar-refractivity contribution is 6.37. The molecule has 1 atom stereocenters. The van der Waals surface area contributed by atoms with Gasteiger partial charge in [-0.2, -0.15) is 0 Å². The van der Waals surface area contributed by atoms with E-state index in [1.165, 1.54) is 5.56 Å². The summed E-state index contributed by atoms with van der Waals surface area (Å²) in [6, 6.07) is 14.6. The van der Waals surface area contributed by atoms with Crippen LogP contribution in [-0.4, -0.2) is 6.61 Å². The Morgan fingerprint density at radius 2 is 1.82 bits per heavy atom. The zero-order chi connectivity index (χ0) is 15.9. The molecule has 2 aromatic rings. The number of benzene rings is 2. The van der Waals surface area contributed by atoms with E-state index in [2.05, 4.69) is 43.1 Å². The SMILES string of the molecule is C=CCOc1c(Cl)cc(C[NH2+][C@@H](C)c2ccccc2)cc1Cl. The van der Waals surface area contributed by atoms with E-state index in [9.17, 15) is 0 Å². The van der Waals surface area contributed by atoms with Crippen molar-refractivity contribution in [1.29, 1.82) is 0 Å². The molecule has 4 heteroatoms. The minimum atomic E-state index is 0.371. The van der Waals surface area contributed by atoms with Crippen LogP contribution in [0.3, 0.4) is 0 Å². The van der Waals surface area contributed by atoms with Gasteiger partial charge in [0.25, 0.3) is 0 Å². The van der Waals surface area contributed by atoms with Gasteiger partial charge in [-0.25, -0.2) is 0 Å². The fourth-order valence-electron chi connectivity index (χ4n) is 2.22. The van der Waals surface area contributed by atoms with Crippen LogP contribution in [0.2, 0.25) is 10.0 Å². The van der Waals surface area contributed by atoms with Gasteiger partial charge in [0.15, 0.2) is 5.75 Å². The monoisotopic (exact) mass is 336 g/mol. The predicted molar refractivity (Wildman–Crippen MR) is 92.6 cm³/mol. The van der Waals surface area contributed by atoms with Gasteiger partial charge in [-0.1, -0.05) is 66.2 Å². The summed E-state index contributed by atoms with van der Waals surface area (Å²) < 4.78 is 5.47. The molecule has 0 unspecified atom stereocenters. The minimum absolute atomic E-state index is 0.371. The van der Waals surface area contributed by atoms with E-state index in [1.807, 2.05) is 18.2 Å². The van der Waals surface area contributed by atoms with Crippen LogP contribution in [0, 0.1) is 0 Å². The van der Waals surface area contributed by atoms with E-state index in [4.69, 9.17) is 27.9 Å². The second-order valence-electron chi connectivity index (χ2n) is 5.13. The van der Waals surface area contributed by atoms with E-state index in [0.717, 1.165) is 12.1 Å². The molecule has 0 fully saturated rings. The quantitative estimate of drug-likeness (QED) is 0.746. The van der Waals surface area contributed by atoms with Crippen molar-refractivity contribution in [3.05, 3.63) is 76.3 Å². The maximum absolute atomic E-state index is 6.25. The molecule has 0 aliphatic rings. The predicted octanol–water partition coefficient (Wildman–Crippen LogP) is 4.38. The number of nitrogens with two attached hydrogens (primary N) is 1. The zero-order valence-corrected chi connectivity index (χ0v) is 14.1. The van der Waals surface area contributed by atoms with Crippen LogP contribution >= 0.6 is 23.2 Å². The molecule has 2 nitrogen and oxygen atoms in total. The first-order valence-corrected chi connectivity index (χ1v) is 7.97. The van der Waals surface area contributed by atoms with Crippen molar-refractivity contribution in [2.45, 2.75) is 19.5 Å². The number of quaternary nitrogens is 1. The van der Waals surface area contributed by atoms with Gasteiger partial charge < -0.3 is 10.1 Å². The summed E-state index contributed by atoms with van der Waals surface area (Å²) in [5.74, 6) is 0.517. The maximum atomic E-state index is 6.25. The van der Waals surface area contributed by atoms with Crippen molar-refractivity contribution >= 4 is 23.2 Å². The summed E-state index contributed by atoms with van der Waals surface area (Å²) >= 11 is 12.5. The third-order valence-corrected chi connectivity index (χ3v) is 4.00. The van der Waals surface area contributed by atoms with Crippen molar-refractivity contribution in [3.63, 3.8) is 0 Å². The Bertz CT molecular complexity index is 605. The summed E-state index contributed by atoms with van der Waals surface area (Å²) in [6.07, 6.45) is 1.66. The summed E-state index contributed by atoms with van der Waals surface area (Å²) in [5, 5.41) is 3.32. The molecule has 0 saturated heterocycles. The average Bonchev–Trinajstić information content (AvgIpc) is 2.52. The van der Waals surface area contributed by atoms with Gasteiger partial charge in [0.2, 0.25) is 0 Å². The second-order valence-corrected chi connectivity index (χ2v) is 5.94. The first-order chi connectivity index (χ1) is 10.6. The first-order valence-electron chi connectivity index (χ1n) is 7.21. The molecular weight excluding hydrogens is 317 g/mol. The van der Waals surface area contributed by atoms with E-state index < -0.39 is 0 Å². The second kappa shape index (κ2) is 8.23. The Balaban J connectivity index is 2.03. The molecule has 2 rings (SSSR count). The topological polar surface area (TPSA) is 25.8 Å². The van der Waals surface area contributed by atoms with Crippen LogP contribution in [-0.2, 0) is 6.54 Å². The molecule has 22 heavy (non-hydrogen) atoms. The number of hydrogen-bond donors (Lipinski definition) is 1. The van der Waals surface area contributed by atoms with E-state index in [1.54, 1.807) is 6.08 Å². The van der Waals surface area contributed by atoms with Crippen LogP contribution in [0.4, 0.5) is 0 Å². The van der Waals surface area contributed by atoms with Crippen molar-refractivity contribution in [2.24, 2.45) is 0 Å². The number of ether oxygens (including phenoxy) is 1. The number of hydrogen-bond acceptors (Lipinski definition) is 1. The Morgan fingerprint density at radius 3 is 2.41 bits per heavy atom. The van der Waals surface area contributed by atoms with Gasteiger partial charge in [-0.3, -0.25) is 0 Å². The van der Waals surface area contributed by atoms with Gasteiger partial charge in [0, 0.05) is 11.1 Å². The van der Waals surface area contributed by atoms with Crippen molar-refractivity contribution < 1.29 is 10.1 Å². The molecule has 0 aliphatic heterocycles. The minimum Gasteiger partial charge on any atom is -0.486 e. The lowest BCUT2D eigenvalue weighted by Gasteiger charge is -2.13. The molecule has 2 N–H and O–H groups in total. The molecule has 116 valence electrons. The fraction of sp³-hybridized carbons (Fsp3) is 0.222. The highest BCUT2D eigenvalue weighted by Crippen LogP contribution is 2.34. The lowest BCUT2D eigenvalue weighted by molar-refractivity contribution is -0.707. The Hall–Kier alpha value is -1.48. The van der Waals surface area contributed by atoms with Gasteiger partial charge in [-0.15, -0.1) is 0 Å².